The molecule has 0 aromatic rings. The van der Waals surface area contributed by atoms with Gasteiger partial charge in [-0.3, -0.25) is 0 Å². The largest absolute Gasteiger partial charge is 0.394 e. The average molecular weight is 463 g/mol. The van der Waals surface area contributed by atoms with Crippen LogP contribution in [0.15, 0.2) is 0 Å². The molecule has 32 heavy (non-hydrogen) atoms. The highest BCUT2D eigenvalue weighted by Crippen LogP contribution is 2.19. The van der Waals surface area contributed by atoms with Crippen LogP contribution in [0.25, 0.3) is 0 Å². The Morgan fingerprint density at radius 1 is 0.469 bits per heavy atom. The van der Waals surface area contributed by atoms with Gasteiger partial charge in [0.25, 0.3) is 0 Å². The molecule has 0 aromatic carbocycles. The van der Waals surface area contributed by atoms with E-state index < -0.39 is 0 Å². The van der Waals surface area contributed by atoms with E-state index in [0.717, 1.165) is 6.61 Å². The molecular formula is C26H54O6. The third kappa shape index (κ3) is 26.0. The van der Waals surface area contributed by atoms with Gasteiger partial charge in [0.1, 0.15) is 0 Å². The van der Waals surface area contributed by atoms with E-state index in [0.29, 0.717) is 65.4 Å². The number of rotatable bonds is 28. The molecule has 0 saturated carbocycles. The molecule has 1 N–H and O–H groups in total. The minimum atomic E-state index is 0.0486. The second-order valence-electron chi connectivity index (χ2n) is 8.52. The lowest BCUT2D eigenvalue weighted by Gasteiger charge is -2.17. The molecule has 0 aliphatic heterocycles. The topological polar surface area (TPSA) is 66.4 Å². The lowest BCUT2D eigenvalue weighted by Crippen LogP contribution is -2.15. The quantitative estimate of drug-likeness (QED) is 0.157. The van der Waals surface area contributed by atoms with Crippen LogP contribution in [-0.4, -0.2) is 77.8 Å². The Kier molecular flexibility index (Phi) is 28.6. The van der Waals surface area contributed by atoms with E-state index in [2.05, 4.69) is 13.8 Å². The summed E-state index contributed by atoms with van der Waals surface area (Å²) in [5.41, 5.74) is 0. The number of aliphatic hydroxyl groups excluding tert-OH is 1. The molecule has 6 heteroatoms. The number of hydrogen-bond donors (Lipinski definition) is 1. The monoisotopic (exact) mass is 462 g/mol. The molecule has 6 nitrogen and oxygen atoms in total. The average Bonchev–Trinajstić information content (AvgIpc) is 2.80. The van der Waals surface area contributed by atoms with Crippen molar-refractivity contribution in [3.8, 4) is 0 Å². The Hall–Kier alpha value is -0.240. The minimum absolute atomic E-state index is 0.0486. The molecule has 0 fully saturated rings. The summed E-state index contributed by atoms with van der Waals surface area (Å²) in [4.78, 5) is 0. The van der Waals surface area contributed by atoms with Crippen molar-refractivity contribution in [1.29, 1.82) is 0 Å². The number of aliphatic hydroxyl groups is 1. The van der Waals surface area contributed by atoms with Gasteiger partial charge in [-0.1, -0.05) is 78.1 Å². The molecular weight excluding hydrogens is 408 g/mol. The highest BCUT2D eigenvalue weighted by atomic mass is 16.6. The van der Waals surface area contributed by atoms with Gasteiger partial charge < -0.3 is 28.8 Å². The maximum Gasteiger partial charge on any atom is 0.0701 e. The number of ether oxygens (including phenoxy) is 5. The molecule has 0 amide bonds. The van der Waals surface area contributed by atoms with E-state index in [1.807, 2.05) is 0 Å². The van der Waals surface area contributed by atoms with Crippen molar-refractivity contribution in [3.63, 3.8) is 0 Å². The molecule has 1 atom stereocenters. The first-order valence-corrected chi connectivity index (χ1v) is 13.3. The fourth-order valence-corrected chi connectivity index (χ4v) is 3.58. The molecule has 0 saturated heterocycles. The summed E-state index contributed by atoms with van der Waals surface area (Å²) in [6.07, 6.45) is 16.2. The zero-order valence-electron chi connectivity index (χ0n) is 21.3. The standard InChI is InChI=1S/C26H54O6/c1-3-5-7-9-10-12-14-26(13-11-8-6-4-2)25-32-24-23-31-22-21-30-20-19-29-18-17-28-16-15-27/h26-27H,3-25H2,1-2H3. The van der Waals surface area contributed by atoms with Gasteiger partial charge in [-0.2, -0.15) is 0 Å². The fraction of sp³-hybridized carbons (Fsp3) is 1.00. The second kappa shape index (κ2) is 28.8. The van der Waals surface area contributed by atoms with Crippen molar-refractivity contribution < 1.29 is 28.8 Å². The summed E-state index contributed by atoms with van der Waals surface area (Å²) < 4.78 is 27.5. The first-order valence-electron chi connectivity index (χ1n) is 13.3. The third-order valence-electron chi connectivity index (χ3n) is 5.51. The Balaban J connectivity index is 3.55. The number of hydrogen-bond acceptors (Lipinski definition) is 6. The molecule has 0 aliphatic carbocycles. The number of unbranched alkanes of at least 4 members (excludes halogenated alkanes) is 8. The zero-order chi connectivity index (χ0) is 23.4. The van der Waals surface area contributed by atoms with Crippen LogP contribution in [0, 0.1) is 5.92 Å². The Labute approximate surface area is 198 Å². The Morgan fingerprint density at radius 2 is 0.844 bits per heavy atom. The molecule has 1 unspecified atom stereocenters. The van der Waals surface area contributed by atoms with Crippen LogP contribution >= 0.6 is 0 Å². The van der Waals surface area contributed by atoms with Gasteiger partial charge in [-0.05, 0) is 18.8 Å². The van der Waals surface area contributed by atoms with Crippen LogP contribution in [0.5, 0.6) is 0 Å². The van der Waals surface area contributed by atoms with Crippen molar-refractivity contribution in [2.24, 2.45) is 5.92 Å². The predicted octanol–water partition coefficient (Wildman–Crippen LogP) is 5.40. The summed E-state index contributed by atoms with van der Waals surface area (Å²) in [6, 6.07) is 0. The third-order valence-corrected chi connectivity index (χ3v) is 5.51. The molecule has 0 aliphatic rings. The molecule has 0 heterocycles. The van der Waals surface area contributed by atoms with Crippen molar-refractivity contribution in [2.75, 3.05) is 72.7 Å². The summed E-state index contributed by atoms with van der Waals surface area (Å²) in [6.45, 7) is 10.4. The normalized spacial score (nSPS) is 12.5. The minimum Gasteiger partial charge on any atom is -0.394 e. The molecule has 0 aromatic heterocycles. The van der Waals surface area contributed by atoms with E-state index in [-0.39, 0.29) is 6.61 Å². The first-order chi connectivity index (χ1) is 15.8. The summed E-state index contributed by atoms with van der Waals surface area (Å²) in [7, 11) is 0. The van der Waals surface area contributed by atoms with Gasteiger partial charge >= 0.3 is 0 Å². The van der Waals surface area contributed by atoms with Crippen LogP contribution in [-0.2, 0) is 23.7 Å². The van der Waals surface area contributed by atoms with Crippen molar-refractivity contribution >= 4 is 0 Å². The maximum atomic E-state index is 8.59. The lowest BCUT2D eigenvalue weighted by atomic mass is 9.95. The lowest BCUT2D eigenvalue weighted by molar-refractivity contribution is -0.0159. The van der Waals surface area contributed by atoms with Crippen LogP contribution < -0.4 is 0 Å². The molecule has 0 spiro atoms. The Morgan fingerprint density at radius 3 is 1.31 bits per heavy atom. The highest BCUT2D eigenvalue weighted by molar-refractivity contribution is 4.60. The molecule has 194 valence electrons. The SMILES string of the molecule is CCCCCCCCC(CCCCCC)COCCOCCOCCOCCOCCO. The molecule has 0 radical (unpaired) electrons. The van der Waals surface area contributed by atoms with Crippen LogP contribution in [0.3, 0.4) is 0 Å². The van der Waals surface area contributed by atoms with Crippen molar-refractivity contribution in [3.05, 3.63) is 0 Å². The smallest absolute Gasteiger partial charge is 0.0701 e. The Bertz CT molecular complexity index is 329. The van der Waals surface area contributed by atoms with Crippen LogP contribution in [0.2, 0.25) is 0 Å². The van der Waals surface area contributed by atoms with Crippen molar-refractivity contribution in [2.45, 2.75) is 90.9 Å². The van der Waals surface area contributed by atoms with Crippen LogP contribution in [0.1, 0.15) is 90.9 Å². The first kappa shape index (κ1) is 31.8. The van der Waals surface area contributed by atoms with Gasteiger partial charge in [0, 0.05) is 6.61 Å². The van der Waals surface area contributed by atoms with Gasteiger partial charge in [0.05, 0.1) is 66.1 Å². The van der Waals surface area contributed by atoms with E-state index >= 15 is 0 Å². The van der Waals surface area contributed by atoms with Gasteiger partial charge in [0.2, 0.25) is 0 Å². The van der Waals surface area contributed by atoms with Crippen molar-refractivity contribution in [1.82, 2.24) is 0 Å². The van der Waals surface area contributed by atoms with Crippen LogP contribution in [0.4, 0.5) is 0 Å². The van der Waals surface area contributed by atoms with E-state index in [9.17, 15) is 0 Å². The molecule has 0 bridgehead atoms. The maximum absolute atomic E-state index is 8.59. The predicted molar refractivity (Wildman–Crippen MR) is 131 cm³/mol. The summed E-state index contributed by atoms with van der Waals surface area (Å²) in [5, 5.41) is 8.59. The summed E-state index contributed by atoms with van der Waals surface area (Å²) in [5.74, 6) is 0.704. The van der Waals surface area contributed by atoms with E-state index in [4.69, 9.17) is 28.8 Å². The zero-order valence-corrected chi connectivity index (χ0v) is 21.3. The van der Waals surface area contributed by atoms with Gasteiger partial charge in [-0.15, -0.1) is 0 Å². The highest BCUT2D eigenvalue weighted by Gasteiger charge is 2.09. The summed E-state index contributed by atoms with van der Waals surface area (Å²) >= 11 is 0. The van der Waals surface area contributed by atoms with Gasteiger partial charge in [-0.25, -0.2) is 0 Å². The van der Waals surface area contributed by atoms with E-state index in [1.54, 1.807) is 0 Å². The fourth-order valence-electron chi connectivity index (χ4n) is 3.58. The molecule has 0 rings (SSSR count). The van der Waals surface area contributed by atoms with Gasteiger partial charge in [0.15, 0.2) is 0 Å². The second-order valence-corrected chi connectivity index (χ2v) is 8.52. The van der Waals surface area contributed by atoms with E-state index in [1.165, 1.54) is 77.0 Å².